The Kier molecular flexibility index (Phi) is 5.88. The van der Waals surface area contributed by atoms with E-state index in [0.717, 1.165) is 16.6 Å². The topological polar surface area (TPSA) is 42.3 Å². The predicted octanol–water partition coefficient (Wildman–Crippen LogP) is 3.50. The van der Waals surface area contributed by atoms with Gasteiger partial charge in [-0.15, -0.1) is 0 Å². The number of rotatable bonds is 5. The Morgan fingerprint density at radius 1 is 1.25 bits per heavy atom. The van der Waals surface area contributed by atoms with E-state index in [1.807, 2.05) is 0 Å². The molecular formula is C17H17BrF2N2O2. The predicted molar refractivity (Wildman–Crippen MR) is 90.6 cm³/mol. The number of carbonyl (C=O) groups excluding carboxylic acids is 1. The molecule has 24 heavy (non-hydrogen) atoms. The van der Waals surface area contributed by atoms with Gasteiger partial charge in [-0.2, -0.15) is 0 Å². The van der Waals surface area contributed by atoms with E-state index in [2.05, 4.69) is 15.9 Å². The van der Waals surface area contributed by atoms with Gasteiger partial charge >= 0.3 is 0 Å². The monoisotopic (exact) mass is 398 g/mol. The fourth-order valence-corrected chi connectivity index (χ4v) is 2.66. The van der Waals surface area contributed by atoms with Gasteiger partial charge in [-0.25, -0.2) is 8.78 Å². The van der Waals surface area contributed by atoms with Crippen LogP contribution < -0.4 is 5.56 Å². The molecule has 1 amide bonds. The Morgan fingerprint density at radius 3 is 2.62 bits per heavy atom. The zero-order valence-corrected chi connectivity index (χ0v) is 14.9. The van der Waals surface area contributed by atoms with Gasteiger partial charge in [0, 0.05) is 36.7 Å². The van der Waals surface area contributed by atoms with Crippen molar-refractivity contribution in [1.82, 2.24) is 9.47 Å². The lowest BCUT2D eigenvalue weighted by atomic mass is 10.1. The minimum atomic E-state index is -0.944. The Balaban J connectivity index is 2.04. The maximum absolute atomic E-state index is 13.3. The van der Waals surface area contributed by atoms with Gasteiger partial charge in [0.1, 0.15) is 0 Å². The molecule has 1 heterocycles. The van der Waals surface area contributed by atoms with E-state index in [9.17, 15) is 18.4 Å². The first-order valence-corrected chi connectivity index (χ1v) is 8.15. The van der Waals surface area contributed by atoms with Crippen molar-refractivity contribution < 1.29 is 13.6 Å². The lowest BCUT2D eigenvalue weighted by Gasteiger charge is -2.25. The average Bonchev–Trinajstić information content (AvgIpc) is 2.56. The number of nitrogens with zero attached hydrogens (tertiary/aromatic N) is 2. The molecule has 0 radical (unpaired) electrons. The van der Waals surface area contributed by atoms with Crippen LogP contribution in [0.2, 0.25) is 0 Å². The van der Waals surface area contributed by atoms with E-state index in [4.69, 9.17) is 0 Å². The molecule has 0 fully saturated rings. The first-order chi connectivity index (χ1) is 11.3. The molecule has 0 saturated carbocycles. The summed E-state index contributed by atoms with van der Waals surface area (Å²) in [6.45, 7) is 1.97. The quantitative estimate of drug-likeness (QED) is 0.773. The largest absolute Gasteiger partial charge is 0.339 e. The Labute approximate surface area is 146 Å². The lowest BCUT2D eigenvalue weighted by molar-refractivity contribution is -0.132. The standard InChI is InChI=1S/C17H17BrF2N2O2/c1-11(12-3-5-14(19)15(20)9-12)21(2)16(23)7-8-22-10-13(18)4-6-17(22)24/h3-6,9-11H,7-8H2,1-2H3. The van der Waals surface area contributed by atoms with Crippen LogP contribution in [0.15, 0.2) is 45.8 Å². The third-order valence-corrected chi connectivity index (χ3v) is 4.38. The highest BCUT2D eigenvalue weighted by atomic mass is 79.9. The number of halogens is 3. The highest BCUT2D eigenvalue weighted by Crippen LogP contribution is 2.21. The van der Waals surface area contributed by atoms with Gasteiger partial charge in [-0.1, -0.05) is 6.07 Å². The number of amides is 1. The number of pyridine rings is 1. The number of hydrogen-bond acceptors (Lipinski definition) is 2. The molecule has 0 N–H and O–H groups in total. The Hall–Kier alpha value is -2.02. The van der Waals surface area contributed by atoms with Crippen LogP contribution in [0.5, 0.6) is 0 Å². The second kappa shape index (κ2) is 7.70. The summed E-state index contributed by atoms with van der Waals surface area (Å²) in [5, 5.41) is 0. The van der Waals surface area contributed by atoms with Gasteiger partial charge in [0.2, 0.25) is 5.91 Å². The highest BCUT2D eigenvalue weighted by Gasteiger charge is 2.18. The van der Waals surface area contributed by atoms with Crippen molar-refractivity contribution in [2.45, 2.75) is 25.9 Å². The molecule has 0 bridgehead atoms. The molecule has 1 aromatic heterocycles. The van der Waals surface area contributed by atoms with E-state index in [-0.39, 0.29) is 24.4 Å². The van der Waals surface area contributed by atoms with Crippen molar-refractivity contribution in [3.8, 4) is 0 Å². The van der Waals surface area contributed by atoms with Crippen LogP contribution in [0.25, 0.3) is 0 Å². The number of carbonyl (C=O) groups is 1. The van der Waals surface area contributed by atoms with Gasteiger partial charge in [0.25, 0.3) is 5.56 Å². The van der Waals surface area contributed by atoms with Crippen LogP contribution in [0, 0.1) is 11.6 Å². The van der Waals surface area contributed by atoms with Crippen molar-refractivity contribution in [3.63, 3.8) is 0 Å². The van der Waals surface area contributed by atoms with E-state index in [0.29, 0.717) is 5.56 Å². The van der Waals surface area contributed by atoms with Crippen LogP contribution in [-0.4, -0.2) is 22.4 Å². The van der Waals surface area contributed by atoms with E-state index >= 15 is 0 Å². The number of aromatic nitrogens is 1. The highest BCUT2D eigenvalue weighted by molar-refractivity contribution is 9.10. The molecule has 1 unspecified atom stereocenters. The third kappa shape index (κ3) is 4.29. The molecule has 1 aromatic carbocycles. The summed E-state index contributed by atoms with van der Waals surface area (Å²) in [7, 11) is 1.60. The summed E-state index contributed by atoms with van der Waals surface area (Å²) in [4.78, 5) is 25.5. The summed E-state index contributed by atoms with van der Waals surface area (Å²) >= 11 is 3.28. The van der Waals surface area contributed by atoms with Crippen molar-refractivity contribution >= 4 is 21.8 Å². The van der Waals surface area contributed by atoms with Crippen LogP contribution in [0.4, 0.5) is 8.78 Å². The molecule has 0 aliphatic heterocycles. The number of benzene rings is 1. The number of hydrogen-bond donors (Lipinski definition) is 0. The minimum Gasteiger partial charge on any atom is -0.339 e. The second-order valence-corrected chi connectivity index (χ2v) is 6.40. The summed E-state index contributed by atoms with van der Waals surface area (Å²) < 4.78 is 28.5. The molecule has 2 rings (SSSR count). The van der Waals surface area contributed by atoms with Gasteiger partial charge in [0.05, 0.1) is 6.04 Å². The van der Waals surface area contributed by atoms with Crippen LogP contribution in [0.3, 0.4) is 0 Å². The van der Waals surface area contributed by atoms with Gasteiger partial charge in [0.15, 0.2) is 11.6 Å². The normalized spacial score (nSPS) is 12.0. The zero-order chi connectivity index (χ0) is 17.9. The van der Waals surface area contributed by atoms with Gasteiger partial charge in [-0.3, -0.25) is 9.59 Å². The van der Waals surface area contributed by atoms with Crippen LogP contribution >= 0.6 is 15.9 Å². The third-order valence-electron chi connectivity index (χ3n) is 3.91. The zero-order valence-electron chi connectivity index (χ0n) is 13.3. The summed E-state index contributed by atoms with van der Waals surface area (Å²) in [5.41, 5.74) is 0.312. The van der Waals surface area contributed by atoms with Crippen LogP contribution in [0.1, 0.15) is 24.9 Å². The van der Waals surface area contributed by atoms with E-state index < -0.39 is 17.7 Å². The summed E-state index contributed by atoms with van der Waals surface area (Å²) in [6, 6.07) is 6.22. The van der Waals surface area contributed by atoms with Crippen LogP contribution in [-0.2, 0) is 11.3 Å². The first-order valence-electron chi connectivity index (χ1n) is 7.36. The second-order valence-electron chi connectivity index (χ2n) is 5.48. The Bertz CT molecular complexity index is 807. The number of aryl methyl sites for hydroxylation is 1. The maximum atomic E-state index is 13.3. The molecule has 4 nitrogen and oxygen atoms in total. The average molecular weight is 399 g/mol. The SMILES string of the molecule is CC(c1ccc(F)c(F)c1)N(C)C(=O)CCn1cc(Br)ccc1=O. The molecule has 2 aromatic rings. The van der Waals surface area contributed by atoms with Gasteiger partial charge in [-0.05, 0) is 46.6 Å². The molecular weight excluding hydrogens is 382 g/mol. The lowest BCUT2D eigenvalue weighted by Crippen LogP contribution is -2.31. The molecule has 7 heteroatoms. The molecule has 0 aliphatic rings. The molecule has 1 atom stereocenters. The molecule has 0 spiro atoms. The van der Waals surface area contributed by atoms with Crippen molar-refractivity contribution in [3.05, 3.63) is 68.6 Å². The van der Waals surface area contributed by atoms with E-state index in [1.54, 1.807) is 26.2 Å². The molecule has 128 valence electrons. The fraction of sp³-hybridized carbons (Fsp3) is 0.294. The minimum absolute atomic E-state index is 0.126. The maximum Gasteiger partial charge on any atom is 0.250 e. The van der Waals surface area contributed by atoms with Crippen molar-refractivity contribution in [2.24, 2.45) is 0 Å². The first kappa shape index (κ1) is 18.3. The van der Waals surface area contributed by atoms with Crippen molar-refractivity contribution in [2.75, 3.05) is 7.05 Å². The Morgan fingerprint density at radius 2 is 1.96 bits per heavy atom. The fourth-order valence-electron chi connectivity index (χ4n) is 2.28. The molecule has 0 saturated heterocycles. The smallest absolute Gasteiger partial charge is 0.250 e. The molecule has 0 aliphatic carbocycles. The van der Waals surface area contributed by atoms with E-state index in [1.165, 1.54) is 21.6 Å². The van der Waals surface area contributed by atoms with Gasteiger partial charge < -0.3 is 9.47 Å². The summed E-state index contributed by atoms with van der Waals surface area (Å²) in [5.74, 6) is -2.06. The summed E-state index contributed by atoms with van der Waals surface area (Å²) in [6.07, 6.45) is 1.75. The van der Waals surface area contributed by atoms with Crippen molar-refractivity contribution in [1.29, 1.82) is 0 Å².